The van der Waals surface area contributed by atoms with E-state index in [-0.39, 0.29) is 21.6 Å². The maximum atomic E-state index is 14.0. The van der Waals surface area contributed by atoms with Crippen molar-refractivity contribution in [1.29, 1.82) is 0 Å². The summed E-state index contributed by atoms with van der Waals surface area (Å²) < 4.78 is 54.8. The van der Waals surface area contributed by atoms with Gasteiger partial charge in [0, 0.05) is 18.0 Å². The van der Waals surface area contributed by atoms with Gasteiger partial charge in [-0.25, -0.2) is 22.2 Å². The van der Waals surface area contributed by atoms with Crippen LogP contribution in [-0.4, -0.2) is 23.9 Å². The van der Waals surface area contributed by atoms with Crippen molar-refractivity contribution in [2.24, 2.45) is 0 Å². The summed E-state index contributed by atoms with van der Waals surface area (Å²) in [7, 11) is -4.21. The Labute approximate surface area is 193 Å². The fourth-order valence-corrected chi connectivity index (χ4v) is 4.79. The number of hydrogen-bond donors (Lipinski definition) is 1. The van der Waals surface area contributed by atoms with Crippen LogP contribution in [0.1, 0.15) is 11.3 Å². The molecule has 0 spiro atoms. The normalized spacial score (nSPS) is 11.5. The highest BCUT2D eigenvalue weighted by atomic mass is 32.2. The lowest BCUT2D eigenvalue weighted by atomic mass is 10.2. The zero-order valence-electron chi connectivity index (χ0n) is 18.2. The largest absolute Gasteiger partial charge is 0.322 e. The minimum Gasteiger partial charge on any atom is -0.322 e. The quantitative estimate of drug-likeness (QED) is 0.466. The van der Waals surface area contributed by atoms with Crippen molar-refractivity contribution >= 4 is 32.5 Å². The van der Waals surface area contributed by atoms with Gasteiger partial charge in [-0.2, -0.15) is 0 Å². The van der Waals surface area contributed by atoms with Crippen LogP contribution in [-0.2, 0) is 21.2 Å². The van der Waals surface area contributed by atoms with Crippen LogP contribution in [0.3, 0.4) is 0 Å². The molecule has 0 bridgehead atoms. The van der Waals surface area contributed by atoms with Gasteiger partial charge in [0.25, 0.3) is 0 Å². The first-order valence-electron chi connectivity index (χ1n) is 10.1. The van der Waals surface area contributed by atoms with Crippen molar-refractivity contribution in [3.63, 3.8) is 0 Å². The number of rotatable bonds is 5. The number of hydrogen-bond acceptors (Lipinski definition) is 5. The van der Waals surface area contributed by atoms with Crippen LogP contribution in [0.2, 0.25) is 0 Å². The monoisotopic (exact) mass is 483 g/mol. The standard InChI is InChI=1S/C24H19F2N3O4S/c1-14-3-7-17(8-4-14)34(32,33)21-12-29(24-18(23(21)31)9-5-15(2)27-24)13-22(30)28-20-10-6-16(25)11-19(20)26/h3-12H,13H2,1-2H3,(H,28,30). The summed E-state index contributed by atoms with van der Waals surface area (Å²) >= 11 is 0. The van der Waals surface area contributed by atoms with E-state index in [2.05, 4.69) is 10.3 Å². The van der Waals surface area contributed by atoms with E-state index in [1.165, 1.54) is 22.8 Å². The molecule has 4 aromatic rings. The Bertz CT molecular complexity index is 1600. The summed E-state index contributed by atoms with van der Waals surface area (Å²) in [4.78, 5) is 29.5. The zero-order valence-corrected chi connectivity index (χ0v) is 19.0. The number of nitrogens with zero attached hydrogens (tertiary/aromatic N) is 2. The third-order valence-corrected chi connectivity index (χ3v) is 6.93. The molecule has 0 saturated carbocycles. The van der Waals surface area contributed by atoms with E-state index in [9.17, 15) is 26.8 Å². The maximum absolute atomic E-state index is 14.0. The van der Waals surface area contributed by atoms with Crippen LogP contribution in [0.5, 0.6) is 0 Å². The highest BCUT2D eigenvalue weighted by Crippen LogP contribution is 2.22. The van der Waals surface area contributed by atoms with E-state index in [1.807, 2.05) is 0 Å². The number of fused-ring (bicyclic) bond motifs is 1. The smallest absolute Gasteiger partial charge is 0.244 e. The van der Waals surface area contributed by atoms with Crippen molar-refractivity contribution < 1.29 is 22.0 Å². The summed E-state index contributed by atoms with van der Waals surface area (Å²) in [6, 6.07) is 11.7. The lowest BCUT2D eigenvalue weighted by Gasteiger charge is -2.14. The lowest BCUT2D eigenvalue weighted by Crippen LogP contribution is -2.24. The van der Waals surface area contributed by atoms with Gasteiger partial charge in [0.05, 0.1) is 16.0 Å². The molecule has 10 heteroatoms. The van der Waals surface area contributed by atoms with E-state index in [0.717, 1.165) is 23.9 Å². The summed E-state index contributed by atoms with van der Waals surface area (Å²) in [5.41, 5.74) is 0.499. The van der Waals surface area contributed by atoms with Crippen molar-refractivity contribution in [2.45, 2.75) is 30.2 Å². The van der Waals surface area contributed by atoms with Crippen molar-refractivity contribution in [3.05, 3.63) is 93.9 Å². The Hall–Kier alpha value is -3.92. The Balaban J connectivity index is 1.82. The molecule has 2 aromatic carbocycles. The highest BCUT2D eigenvalue weighted by molar-refractivity contribution is 7.91. The SMILES string of the molecule is Cc1ccc(S(=O)(=O)c2cn(CC(=O)Nc3ccc(F)cc3F)c3nc(C)ccc3c2=O)cc1. The summed E-state index contributed by atoms with van der Waals surface area (Å²) in [6.45, 7) is 3.01. The number of carbonyl (C=O) groups excluding carboxylic acids is 1. The molecule has 0 aliphatic carbocycles. The number of pyridine rings is 2. The van der Waals surface area contributed by atoms with Gasteiger partial charge in [-0.1, -0.05) is 17.7 Å². The van der Waals surface area contributed by atoms with Crippen molar-refractivity contribution in [3.8, 4) is 0 Å². The molecule has 0 fully saturated rings. The predicted molar refractivity (Wildman–Crippen MR) is 122 cm³/mol. The van der Waals surface area contributed by atoms with Crippen LogP contribution in [0, 0.1) is 25.5 Å². The Kier molecular flexibility index (Phi) is 6.01. The summed E-state index contributed by atoms with van der Waals surface area (Å²) in [5.74, 6) is -2.49. The molecule has 7 nitrogen and oxygen atoms in total. The number of carbonyl (C=O) groups is 1. The Morgan fingerprint density at radius 1 is 1.03 bits per heavy atom. The molecule has 0 saturated heterocycles. The first-order chi connectivity index (χ1) is 16.1. The lowest BCUT2D eigenvalue weighted by molar-refractivity contribution is -0.116. The number of sulfone groups is 1. The molecule has 2 aromatic heterocycles. The number of nitrogens with one attached hydrogen (secondary N) is 1. The minimum atomic E-state index is -4.21. The predicted octanol–water partition coefficient (Wildman–Crippen LogP) is 3.76. The van der Waals surface area contributed by atoms with Gasteiger partial charge >= 0.3 is 0 Å². The van der Waals surface area contributed by atoms with Crippen LogP contribution in [0.4, 0.5) is 14.5 Å². The zero-order chi connectivity index (χ0) is 24.6. The number of halogens is 2. The van der Waals surface area contributed by atoms with Crippen LogP contribution < -0.4 is 10.7 Å². The number of anilines is 1. The molecule has 0 aliphatic rings. The maximum Gasteiger partial charge on any atom is 0.244 e. The number of aromatic nitrogens is 2. The summed E-state index contributed by atoms with van der Waals surface area (Å²) in [6.07, 6.45) is 1.06. The topological polar surface area (TPSA) is 98.1 Å². The van der Waals surface area contributed by atoms with E-state index in [0.29, 0.717) is 11.8 Å². The van der Waals surface area contributed by atoms with Crippen LogP contribution >= 0.6 is 0 Å². The molecule has 34 heavy (non-hydrogen) atoms. The van der Waals surface area contributed by atoms with Gasteiger partial charge in [0.2, 0.25) is 21.2 Å². The van der Waals surface area contributed by atoms with E-state index in [4.69, 9.17) is 0 Å². The highest BCUT2D eigenvalue weighted by Gasteiger charge is 2.25. The third-order valence-electron chi connectivity index (χ3n) is 5.17. The molecule has 1 amide bonds. The van der Waals surface area contributed by atoms with Crippen molar-refractivity contribution in [1.82, 2.24) is 9.55 Å². The molecule has 0 radical (unpaired) electrons. The van der Waals surface area contributed by atoms with Gasteiger partial charge in [-0.05, 0) is 50.2 Å². The third kappa shape index (κ3) is 4.44. The first kappa shape index (κ1) is 23.2. The molecule has 2 heterocycles. The fraction of sp³-hybridized carbons (Fsp3) is 0.125. The molecule has 0 atom stereocenters. The van der Waals surface area contributed by atoms with Crippen molar-refractivity contribution in [2.75, 3.05) is 5.32 Å². The second kappa shape index (κ2) is 8.79. The van der Waals surface area contributed by atoms with Gasteiger partial charge < -0.3 is 9.88 Å². The van der Waals surface area contributed by atoms with Gasteiger partial charge in [0.15, 0.2) is 0 Å². The molecular formula is C24H19F2N3O4S. The van der Waals surface area contributed by atoms with Gasteiger partial charge in [0.1, 0.15) is 28.7 Å². The number of benzene rings is 2. The van der Waals surface area contributed by atoms with Gasteiger partial charge in [-0.3, -0.25) is 9.59 Å². The Morgan fingerprint density at radius 3 is 2.41 bits per heavy atom. The molecule has 0 aliphatic heterocycles. The van der Waals surface area contributed by atoms with E-state index in [1.54, 1.807) is 32.0 Å². The molecule has 0 unspecified atom stereocenters. The van der Waals surface area contributed by atoms with Crippen LogP contribution in [0.25, 0.3) is 11.0 Å². The second-order valence-electron chi connectivity index (χ2n) is 7.76. The number of aryl methyl sites for hydroxylation is 2. The van der Waals surface area contributed by atoms with E-state index < -0.39 is 44.2 Å². The fourth-order valence-electron chi connectivity index (χ4n) is 3.42. The minimum absolute atomic E-state index is 0.0135. The molecular weight excluding hydrogens is 464 g/mol. The molecule has 4 rings (SSSR count). The average molecular weight is 483 g/mol. The Morgan fingerprint density at radius 2 is 1.74 bits per heavy atom. The van der Waals surface area contributed by atoms with E-state index >= 15 is 0 Å². The average Bonchev–Trinajstić information content (AvgIpc) is 2.77. The summed E-state index contributed by atoms with van der Waals surface area (Å²) in [5, 5.41) is 2.33. The second-order valence-corrected chi connectivity index (χ2v) is 9.68. The van der Waals surface area contributed by atoms with Gasteiger partial charge in [-0.15, -0.1) is 0 Å². The number of amides is 1. The van der Waals surface area contributed by atoms with Crippen LogP contribution in [0.15, 0.2) is 75.4 Å². The first-order valence-corrected chi connectivity index (χ1v) is 11.6. The molecule has 174 valence electrons. The molecule has 1 N–H and O–H groups in total.